The number of hydrogen-bond donors (Lipinski definition) is 2. The van der Waals surface area contributed by atoms with Gasteiger partial charge in [-0.2, -0.15) is 0 Å². The minimum Gasteiger partial charge on any atom is -0.444 e. The Bertz CT molecular complexity index is 640. The number of allylic oxidation sites excluding steroid dienone is 1. The van der Waals surface area contributed by atoms with E-state index in [-0.39, 0.29) is 6.09 Å². The lowest BCUT2D eigenvalue weighted by atomic mass is 10.1. The van der Waals surface area contributed by atoms with E-state index in [1.165, 1.54) is 0 Å². The molecule has 4 N–H and O–H groups in total. The lowest BCUT2D eigenvalue weighted by molar-refractivity contribution is 0.0270. The number of rotatable bonds is 7. The summed E-state index contributed by atoms with van der Waals surface area (Å²) >= 11 is 0. The lowest BCUT2D eigenvalue weighted by Crippen LogP contribution is -2.39. The minimum atomic E-state index is -0.556. The van der Waals surface area contributed by atoms with Crippen molar-refractivity contribution in [2.24, 2.45) is 5.73 Å². The third-order valence-electron chi connectivity index (χ3n) is 3.23. The van der Waals surface area contributed by atoms with E-state index < -0.39 is 5.60 Å². The Balaban J connectivity index is 2.79. The van der Waals surface area contributed by atoms with Gasteiger partial charge in [0.05, 0.1) is 0 Å². The van der Waals surface area contributed by atoms with E-state index >= 15 is 0 Å². The largest absolute Gasteiger partial charge is 0.444 e. The van der Waals surface area contributed by atoms with Crippen LogP contribution in [0.4, 0.5) is 10.5 Å². The molecule has 0 aromatic heterocycles. The molecule has 25 heavy (non-hydrogen) atoms. The molecule has 0 spiro atoms. The van der Waals surface area contributed by atoms with Gasteiger partial charge in [-0.25, -0.2) is 4.79 Å². The summed E-state index contributed by atoms with van der Waals surface area (Å²) in [5.74, 6) is 0. The lowest BCUT2D eigenvalue weighted by Gasteiger charge is -2.27. The van der Waals surface area contributed by atoms with Crippen LogP contribution in [0.5, 0.6) is 0 Å². The van der Waals surface area contributed by atoms with E-state index in [2.05, 4.69) is 13.2 Å². The molecule has 0 atom stereocenters. The molecule has 1 amide bonds. The standard InChI is InChI=1S/C20H29N3O2/c1-15(6-7-16(2)21)14-23(19(24)25-20(3,4)5)13-12-17-8-10-18(22)11-9-17/h6-11H,1-2,12-14,21-22H2,3-5H3/b7-6-. The fourth-order valence-electron chi connectivity index (χ4n) is 2.03. The van der Waals surface area contributed by atoms with Gasteiger partial charge in [-0.3, -0.25) is 0 Å². The maximum absolute atomic E-state index is 12.5. The number of ether oxygens (including phenoxy) is 1. The van der Waals surface area contributed by atoms with Crippen LogP contribution in [0.1, 0.15) is 26.3 Å². The normalized spacial score (nSPS) is 11.3. The molecule has 0 bridgehead atoms. The Labute approximate surface area is 150 Å². The molecule has 0 saturated heterocycles. The van der Waals surface area contributed by atoms with Crippen molar-refractivity contribution < 1.29 is 9.53 Å². The van der Waals surface area contributed by atoms with Crippen molar-refractivity contribution in [1.82, 2.24) is 4.90 Å². The first-order valence-electron chi connectivity index (χ1n) is 8.19. The molecule has 0 aliphatic rings. The molecule has 0 heterocycles. The second-order valence-electron chi connectivity index (χ2n) is 6.96. The number of nitrogens with two attached hydrogens (primary N) is 2. The molecule has 1 aromatic carbocycles. The van der Waals surface area contributed by atoms with Gasteiger partial charge in [0.15, 0.2) is 0 Å². The van der Waals surface area contributed by atoms with Crippen LogP contribution >= 0.6 is 0 Å². The van der Waals surface area contributed by atoms with Crippen LogP contribution in [0.3, 0.4) is 0 Å². The van der Waals surface area contributed by atoms with E-state index in [4.69, 9.17) is 16.2 Å². The molecule has 0 radical (unpaired) electrons. The van der Waals surface area contributed by atoms with E-state index in [9.17, 15) is 4.79 Å². The highest BCUT2D eigenvalue weighted by molar-refractivity contribution is 5.68. The van der Waals surface area contributed by atoms with Gasteiger partial charge in [-0.05, 0) is 56.5 Å². The van der Waals surface area contributed by atoms with Crippen LogP contribution in [0.25, 0.3) is 0 Å². The molecule has 136 valence electrons. The van der Waals surface area contributed by atoms with Gasteiger partial charge in [0.2, 0.25) is 0 Å². The van der Waals surface area contributed by atoms with Crippen LogP contribution in [0.2, 0.25) is 0 Å². The van der Waals surface area contributed by atoms with Gasteiger partial charge < -0.3 is 21.1 Å². The van der Waals surface area contributed by atoms with Gasteiger partial charge in [0.25, 0.3) is 0 Å². The van der Waals surface area contributed by atoms with Crippen LogP contribution in [-0.4, -0.2) is 29.7 Å². The molecule has 5 heteroatoms. The van der Waals surface area contributed by atoms with Crippen LogP contribution in [0, 0.1) is 0 Å². The van der Waals surface area contributed by atoms with Crippen molar-refractivity contribution in [3.05, 3.63) is 66.4 Å². The van der Waals surface area contributed by atoms with Crippen molar-refractivity contribution in [1.29, 1.82) is 0 Å². The molecular formula is C20H29N3O2. The van der Waals surface area contributed by atoms with Crippen molar-refractivity contribution in [3.8, 4) is 0 Å². The zero-order valence-corrected chi connectivity index (χ0v) is 15.4. The summed E-state index contributed by atoms with van der Waals surface area (Å²) in [5.41, 5.74) is 13.7. The van der Waals surface area contributed by atoms with Gasteiger partial charge >= 0.3 is 6.09 Å². The molecule has 1 rings (SSSR count). The first-order chi connectivity index (χ1) is 11.6. The molecule has 1 aromatic rings. The summed E-state index contributed by atoms with van der Waals surface area (Å²) in [6.07, 6.45) is 3.74. The van der Waals surface area contributed by atoms with Crippen molar-refractivity contribution in [2.45, 2.75) is 32.8 Å². The highest BCUT2D eigenvalue weighted by Gasteiger charge is 2.22. The van der Waals surface area contributed by atoms with Crippen LogP contribution in [0.15, 0.2) is 60.8 Å². The van der Waals surface area contributed by atoms with Crippen LogP contribution < -0.4 is 11.5 Å². The average molecular weight is 343 g/mol. The van der Waals surface area contributed by atoms with Crippen LogP contribution in [-0.2, 0) is 11.2 Å². The molecule has 0 unspecified atom stereocenters. The smallest absolute Gasteiger partial charge is 0.410 e. The van der Waals surface area contributed by atoms with Crippen molar-refractivity contribution in [2.75, 3.05) is 18.8 Å². The highest BCUT2D eigenvalue weighted by atomic mass is 16.6. The number of anilines is 1. The second-order valence-corrected chi connectivity index (χ2v) is 6.96. The molecule has 0 saturated carbocycles. The van der Waals surface area contributed by atoms with E-state index in [1.807, 2.05) is 45.0 Å². The molecule has 5 nitrogen and oxygen atoms in total. The van der Waals surface area contributed by atoms with E-state index in [0.29, 0.717) is 30.9 Å². The zero-order chi connectivity index (χ0) is 19.0. The third-order valence-corrected chi connectivity index (χ3v) is 3.23. The number of amides is 1. The number of carbonyl (C=O) groups excluding carboxylic acids is 1. The predicted molar refractivity (Wildman–Crippen MR) is 104 cm³/mol. The summed E-state index contributed by atoms with van der Waals surface area (Å²) < 4.78 is 5.49. The molecule has 0 aliphatic heterocycles. The van der Waals surface area contributed by atoms with Gasteiger partial charge in [-0.15, -0.1) is 0 Å². The number of nitrogens with zero attached hydrogens (tertiary/aromatic N) is 1. The molecular weight excluding hydrogens is 314 g/mol. The Morgan fingerprint density at radius 1 is 1.20 bits per heavy atom. The van der Waals surface area contributed by atoms with Gasteiger partial charge in [0, 0.05) is 24.5 Å². The highest BCUT2D eigenvalue weighted by Crippen LogP contribution is 2.13. The Morgan fingerprint density at radius 3 is 2.32 bits per heavy atom. The predicted octanol–water partition coefficient (Wildman–Crippen LogP) is 3.63. The Hall–Kier alpha value is -2.69. The SMILES string of the molecule is C=C(N)/C=C\C(=C)CN(CCc1ccc(N)cc1)C(=O)OC(C)(C)C. The maximum atomic E-state index is 12.5. The summed E-state index contributed by atoms with van der Waals surface area (Å²) in [6, 6.07) is 7.61. The quantitative estimate of drug-likeness (QED) is 0.585. The van der Waals surface area contributed by atoms with E-state index in [0.717, 1.165) is 11.1 Å². The number of carbonyl (C=O) groups is 1. The molecule has 0 aliphatic carbocycles. The first kappa shape index (κ1) is 20.4. The van der Waals surface area contributed by atoms with E-state index in [1.54, 1.807) is 17.1 Å². The fourth-order valence-corrected chi connectivity index (χ4v) is 2.03. The Morgan fingerprint density at radius 2 is 1.80 bits per heavy atom. The average Bonchev–Trinajstić information content (AvgIpc) is 2.49. The first-order valence-corrected chi connectivity index (χ1v) is 8.19. The summed E-state index contributed by atoms with van der Waals surface area (Å²) in [4.78, 5) is 14.1. The maximum Gasteiger partial charge on any atom is 0.410 e. The second kappa shape index (κ2) is 8.97. The summed E-state index contributed by atoms with van der Waals surface area (Å²) in [7, 11) is 0. The number of hydrogen-bond acceptors (Lipinski definition) is 4. The topological polar surface area (TPSA) is 81.6 Å². The Kier molecular flexibility index (Phi) is 7.30. The van der Waals surface area contributed by atoms with Crippen molar-refractivity contribution in [3.63, 3.8) is 0 Å². The third kappa shape index (κ3) is 8.65. The zero-order valence-electron chi connectivity index (χ0n) is 15.4. The number of benzene rings is 1. The monoisotopic (exact) mass is 343 g/mol. The molecule has 0 fully saturated rings. The minimum absolute atomic E-state index is 0.355. The number of nitrogen functional groups attached to an aromatic ring is 1. The van der Waals surface area contributed by atoms with Gasteiger partial charge in [0.1, 0.15) is 5.60 Å². The van der Waals surface area contributed by atoms with Crippen molar-refractivity contribution >= 4 is 11.8 Å². The fraction of sp³-hybridized carbons (Fsp3) is 0.350. The summed E-state index contributed by atoms with van der Waals surface area (Å²) in [6.45, 7) is 14.0. The van der Waals surface area contributed by atoms with Gasteiger partial charge in [-0.1, -0.05) is 31.4 Å². The summed E-state index contributed by atoms with van der Waals surface area (Å²) in [5, 5.41) is 0.